The number of rotatable bonds is 8. The Morgan fingerprint density at radius 3 is 2.20 bits per heavy atom. The van der Waals surface area contributed by atoms with Gasteiger partial charge in [0.25, 0.3) is 0 Å². The third kappa shape index (κ3) is 6.90. The fraction of sp³-hybridized carbons (Fsp3) is 0.471. The molecule has 8 heteroatoms. The highest BCUT2D eigenvalue weighted by Gasteiger charge is 2.29. The molecule has 0 saturated heterocycles. The SMILES string of the molecule is C[C@H](N)C(=O)N[C@@H](C)C(=O)N[C@H](C(=O)OCc1ccccc1)[C@@H](C)O. The van der Waals surface area contributed by atoms with E-state index in [1.54, 1.807) is 24.3 Å². The predicted molar refractivity (Wildman–Crippen MR) is 91.1 cm³/mol. The first-order chi connectivity index (χ1) is 11.7. The zero-order valence-electron chi connectivity index (χ0n) is 14.6. The highest BCUT2D eigenvalue weighted by atomic mass is 16.5. The third-order valence-corrected chi connectivity index (χ3v) is 3.42. The van der Waals surface area contributed by atoms with Gasteiger partial charge in [-0.15, -0.1) is 0 Å². The number of benzene rings is 1. The summed E-state index contributed by atoms with van der Waals surface area (Å²) >= 11 is 0. The van der Waals surface area contributed by atoms with E-state index in [0.29, 0.717) is 0 Å². The average molecular weight is 351 g/mol. The van der Waals surface area contributed by atoms with Crippen molar-refractivity contribution in [2.45, 2.75) is 51.6 Å². The first-order valence-electron chi connectivity index (χ1n) is 7.97. The van der Waals surface area contributed by atoms with Gasteiger partial charge in [-0.2, -0.15) is 0 Å². The molecule has 0 heterocycles. The summed E-state index contributed by atoms with van der Waals surface area (Å²) in [6.45, 7) is 4.32. The van der Waals surface area contributed by atoms with Crippen LogP contribution < -0.4 is 16.4 Å². The number of esters is 1. The molecule has 5 N–H and O–H groups in total. The second-order valence-corrected chi connectivity index (χ2v) is 5.84. The van der Waals surface area contributed by atoms with Gasteiger partial charge in [-0.05, 0) is 26.3 Å². The number of hydrogen-bond donors (Lipinski definition) is 4. The summed E-state index contributed by atoms with van der Waals surface area (Å²) in [5.74, 6) is -1.89. The number of carbonyl (C=O) groups excluding carboxylic acids is 3. The highest BCUT2D eigenvalue weighted by molar-refractivity contribution is 5.91. The molecule has 25 heavy (non-hydrogen) atoms. The van der Waals surface area contributed by atoms with Gasteiger partial charge >= 0.3 is 5.97 Å². The number of aliphatic hydroxyl groups is 1. The number of nitrogens with two attached hydrogens (primary N) is 1. The van der Waals surface area contributed by atoms with Crippen LogP contribution in [0.5, 0.6) is 0 Å². The lowest BCUT2D eigenvalue weighted by Gasteiger charge is -2.22. The van der Waals surface area contributed by atoms with Crippen LogP contribution in [-0.2, 0) is 25.7 Å². The molecule has 0 radical (unpaired) electrons. The molecule has 0 unspecified atom stereocenters. The second kappa shape index (κ2) is 9.75. The zero-order chi connectivity index (χ0) is 19.0. The smallest absolute Gasteiger partial charge is 0.331 e. The van der Waals surface area contributed by atoms with E-state index < -0.39 is 42.0 Å². The maximum atomic E-state index is 12.1. The summed E-state index contributed by atoms with van der Waals surface area (Å²) in [5, 5.41) is 14.5. The van der Waals surface area contributed by atoms with Crippen molar-refractivity contribution in [1.82, 2.24) is 10.6 Å². The summed E-state index contributed by atoms with van der Waals surface area (Å²) in [5.41, 5.74) is 6.20. The molecule has 0 spiro atoms. The number of amides is 2. The molecule has 0 bridgehead atoms. The van der Waals surface area contributed by atoms with Gasteiger partial charge in [0.2, 0.25) is 11.8 Å². The Morgan fingerprint density at radius 1 is 1.08 bits per heavy atom. The molecule has 1 aromatic rings. The summed E-state index contributed by atoms with van der Waals surface area (Å²) in [6, 6.07) is 6.09. The lowest BCUT2D eigenvalue weighted by Crippen LogP contribution is -2.55. The van der Waals surface area contributed by atoms with Gasteiger partial charge in [0.1, 0.15) is 12.6 Å². The number of carbonyl (C=O) groups is 3. The minimum Gasteiger partial charge on any atom is -0.459 e. The quantitative estimate of drug-likeness (QED) is 0.465. The molecule has 0 fully saturated rings. The van der Waals surface area contributed by atoms with Gasteiger partial charge < -0.3 is 26.2 Å². The molecule has 0 aromatic heterocycles. The van der Waals surface area contributed by atoms with E-state index in [1.165, 1.54) is 20.8 Å². The monoisotopic (exact) mass is 351 g/mol. The van der Waals surface area contributed by atoms with Crippen molar-refractivity contribution < 1.29 is 24.2 Å². The summed E-state index contributed by atoms with van der Waals surface area (Å²) < 4.78 is 5.13. The number of aliphatic hydroxyl groups excluding tert-OH is 1. The van der Waals surface area contributed by atoms with E-state index in [1.807, 2.05) is 6.07 Å². The van der Waals surface area contributed by atoms with Crippen LogP contribution in [0.1, 0.15) is 26.3 Å². The predicted octanol–water partition coefficient (Wildman–Crippen LogP) is -0.553. The summed E-state index contributed by atoms with van der Waals surface area (Å²) in [7, 11) is 0. The molecule has 0 aliphatic carbocycles. The van der Waals surface area contributed by atoms with Crippen LogP contribution in [0.15, 0.2) is 30.3 Å². The Hall–Kier alpha value is -2.45. The largest absolute Gasteiger partial charge is 0.459 e. The van der Waals surface area contributed by atoms with E-state index in [0.717, 1.165) is 5.56 Å². The van der Waals surface area contributed by atoms with Gasteiger partial charge in [0.15, 0.2) is 6.04 Å². The molecule has 1 aromatic carbocycles. The molecular formula is C17H25N3O5. The normalized spacial score (nSPS) is 15.4. The Kier molecular flexibility index (Phi) is 8.03. The van der Waals surface area contributed by atoms with Crippen molar-refractivity contribution in [1.29, 1.82) is 0 Å². The van der Waals surface area contributed by atoms with Crippen LogP contribution in [-0.4, -0.2) is 47.1 Å². The summed E-state index contributed by atoms with van der Waals surface area (Å²) in [4.78, 5) is 35.8. The van der Waals surface area contributed by atoms with Crippen LogP contribution in [0.25, 0.3) is 0 Å². The fourth-order valence-corrected chi connectivity index (χ4v) is 1.88. The lowest BCUT2D eigenvalue weighted by molar-refractivity contribution is -0.152. The second-order valence-electron chi connectivity index (χ2n) is 5.84. The molecular weight excluding hydrogens is 326 g/mol. The van der Waals surface area contributed by atoms with E-state index in [2.05, 4.69) is 10.6 Å². The van der Waals surface area contributed by atoms with Crippen LogP contribution in [0.4, 0.5) is 0 Å². The van der Waals surface area contributed by atoms with Crippen molar-refractivity contribution in [3.8, 4) is 0 Å². The Labute approximate surface area is 146 Å². The van der Waals surface area contributed by atoms with Gasteiger partial charge in [-0.25, -0.2) is 4.79 Å². The van der Waals surface area contributed by atoms with Crippen LogP contribution >= 0.6 is 0 Å². The van der Waals surface area contributed by atoms with E-state index in [4.69, 9.17) is 10.5 Å². The molecule has 0 saturated carbocycles. The maximum absolute atomic E-state index is 12.1. The van der Waals surface area contributed by atoms with Gasteiger partial charge in [-0.3, -0.25) is 9.59 Å². The lowest BCUT2D eigenvalue weighted by atomic mass is 10.1. The first-order valence-corrected chi connectivity index (χ1v) is 7.97. The average Bonchev–Trinajstić information content (AvgIpc) is 2.57. The van der Waals surface area contributed by atoms with Gasteiger partial charge in [0.05, 0.1) is 12.1 Å². The number of nitrogens with one attached hydrogen (secondary N) is 2. The van der Waals surface area contributed by atoms with Crippen molar-refractivity contribution in [2.75, 3.05) is 0 Å². The van der Waals surface area contributed by atoms with Crippen molar-refractivity contribution >= 4 is 17.8 Å². The molecule has 1 rings (SSSR count). The molecule has 0 aliphatic heterocycles. The van der Waals surface area contributed by atoms with Crippen LogP contribution in [0.3, 0.4) is 0 Å². The molecule has 138 valence electrons. The first kappa shape index (κ1) is 20.6. The summed E-state index contributed by atoms with van der Waals surface area (Å²) in [6.07, 6.45) is -1.16. The molecule has 4 atom stereocenters. The number of ether oxygens (including phenoxy) is 1. The number of hydrogen-bond acceptors (Lipinski definition) is 6. The highest BCUT2D eigenvalue weighted by Crippen LogP contribution is 2.04. The van der Waals surface area contributed by atoms with Crippen molar-refractivity contribution in [3.05, 3.63) is 35.9 Å². The molecule has 0 aliphatic rings. The van der Waals surface area contributed by atoms with Crippen LogP contribution in [0.2, 0.25) is 0 Å². The Balaban J connectivity index is 2.61. The minimum absolute atomic E-state index is 0.0236. The minimum atomic E-state index is -1.24. The van der Waals surface area contributed by atoms with Crippen LogP contribution in [0, 0.1) is 0 Å². The zero-order valence-corrected chi connectivity index (χ0v) is 14.6. The topological polar surface area (TPSA) is 131 Å². The fourth-order valence-electron chi connectivity index (χ4n) is 1.88. The standard InChI is InChI=1S/C17H25N3O5/c1-10(18)15(22)19-11(2)16(23)20-14(12(3)21)17(24)25-9-13-7-5-4-6-8-13/h4-8,10-12,14,21H,9,18H2,1-3H3,(H,19,22)(H,20,23)/t10-,11-,12+,14-/m0/s1. The Morgan fingerprint density at radius 2 is 1.68 bits per heavy atom. The van der Waals surface area contributed by atoms with E-state index in [-0.39, 0.29) is 6.61 Å². The van der Waals surface area contributed by atoms with Gasteiger partial charge in [0, 0.05) is 0 Å². The maximum Gasteiger partial charge on any atom is 0.331 e. The van der Waals surface area contributed by atoms with E-state index >= 15 is 0 Å². The van der Waals surface area contributed by atoms with E-state index in [9.17, 15) is 19.5 Å². The molecule has 2 amide bonds. The van der Waals surface area contributed by atoms with Gasteiger partial charge in [-0.1, -0.05) is 30.3 Å². The molecule has 8 nitrogen and oxygen atoms in total. The van der Waals surface area contributed by atoms with Crippen molar-refractivity contribution in [3.63, 3.8) is 0 Å². The third-order valence-electron chi connectivity index (χ3n) is 3.42. The van der Waals surface area contributed by atoms with Crippen molar-refractivity contribution in [2.24, 2.45) is 5.73 Å². The Bertz CT molecular complexity index is 589.